The molecule has 6 heterocycles. The number of rotatable bonds is 6. The molecule has 0 bridgehead atoms. The molecule has 0 radical (unpaired) electrons. The average Bonchev–Trinajstić information content (AvgIpc) is 3.97. The highest BCUT2D eigenvalue weighted by Gasteiger charge is 2.15. The fraction of sp³-hybridized carbons (Fsp3) is 0.231. The normalized spacial score (nSPS) is 9.43. The maximum atomic E-state index is 11.4. The maximum Gasteiger partial charge on any atom is 0.248 e. The first-order chi connectivity index (χ1) is 25.0. The summed E-state index contributed by atoms with van der Waals surface area (Å²) >= 11 is 13.6. The van der Waals surface area contributed by atoms with E-state index in [1.165, 1.54) is 34.9 Å². The van der Waals surface area contributed by atoms with Gasteiger partial charge in [0.15, 0.2) is 10.3 Å². The van der Waals surface area contributed by atoms with E-state index in [9.17, 15) is 8.42 Å². The van der Waals surface area contributed by atoms with Crippen LogP contribution in [0.1, 0.15) is 55.8 Å². The van der Waals surface area contributed by atoms with Crippen molar-refractivity contribution in [3.63, 3.8) is 0 Å². The second-order valence-electron chi connectivity index (χ2n) is 8.89. The van der Waals surface area contributed by atoms with Gasteiger partial charge in [-0.15, -0.1) is 59.2 Å². The van der Waals surface area contributed by atoms with Crippen LogP contribution in [0.2, 0.25) is 5.15 Å². The minimum atomic E-state index is -3.46. The minimum Gasteiger partial charge on any atom is -0.222 e. The van der Waals surface area contributed by atoms with Crippen LogP contribution >= 0.6 is 69.1 Å². The summed E-state index contributed by atoms with van der Waals surface area (Å²) in [6.45, 7) is 3.94. The van der Waals surface area contributed by atoms with Crippen molar-refractivity contribution < 1.29 is 9.79 Å². The molecule has 8 nitrogen and oxygen atoms in total. The SMILES string of the molecule is C.C.C.C#CC.C#Cc1cc(-c2cccs2)nc(S(C)(=O)=O)n1.C#Cc1cc(-c2cccs2)nc(SC)n1.CSc1nc(Cl)cc(-c2cccs2)n1.[2H]CC. The molecule has 0 fully saturated rings. The Hall–Kier alpha value is -4.04. The van der Waals surface area contributed by atoms with E-state index in [4.69, 9.17) is 25.8 Å². The lowest BCUT2D eigenvalue weighted by molar-refractivity contribution is 0.593. The fourth-order valence-electron chi connectivity index (χ4n) is 3.39. The fourth-order valence-corrected chi connectivity index (χ4v) is 6.97. The Balaban J connectivity index is 0. The maximum absolute atomic E-state index is 11.4. The van der Waals surface area contributed by atoms with Gasteiger partial charge >= 0.3 is 0 Å². The number of sulfone groups is 1. The Bertz CT molecular complexity index is 2210. The summed E-state index contributed by atoms with van der Waals surface area (Å²) in [5.41, 5.74) is 3.23. The molecule has 0 aromatic carbocycles. The van der Waals surface area contributed by atoms with E-state index in [1.54, 1.807) is 48.7 Å². The van der Waals surface area contributed by atoms with Crippen LogP contribution in [0.4, 0.5) is 0 Å². The molecule has 6 rings (SSSR count). The molecule has 0 saturated heterocycles. The van der Waals surface area contributed by atoms with Crippen molar-refractivity contribution >= 4 is 79.0 Å². The van der Waals surface area contributed by atoms with Gasteiger partial charge in [0.25, 0.3) is 0 Å². The van der Waals surface area contributed by atoms with Crippen LogP contribution in [0, 0.1) is 37.0 Å². The molecule has 286 valence electrons. The number of aromatic nitrogens is 6. The van der Waals surface area contributed by atoms with Crippen molar-refractivity contribution in [2.24, 2.45) is 0 Å². The molecular weight excluding hydrogens is 812 g/mol. The van der Waals surface area contributed by atoms with Crippen molar-refractivity contribution in [2.75, 3.05) is 18.8 Å². The molecule has 0 amide bonds. The van der Waals surface area contributed by atoms with Gasteiger partial charge in [0.1, 0.15) is 16.5 Å². The molecule has 15 heteroatoms. The molecule has 0 aliphatic heterocycles. The standard InChI is InChI=1S/C11H8N2O2S2.C11H8N2S2.C9H7ClN2S2.C3H4.C2H6.3CH4/c1-3-8-7-9(10-5-4-6-16-10)13-11(12-8)17(2,14)15;1-3-8-7-9(10-5-4-6-15-10)13-11(12-8)14-2;1-13-9-11-6(5-8(10)12-9)7-3-2-4-14-7;1-3-2;1-2;;;/h1,4-7H,2H3;1,4-7H,2H3;2-5H,1H3;1H,2H3;1-2H3;3*1H4/i;;;;1D;;;. The van der Waals surface area contributed by atoms with Gasteiger partial charge < -0.3 is 0 Å². The zero-order valence-corrected chi connectivity index (χ0v) is 33.8. The minimum absolute atomic E-state index is 0. The molecule has 0 atom stereocenters. The third-order valence-electron chi connectivity index (χ3n) is 5.40. The van der Waals surface area contributed by atoms with Crippen LogP contribution in [0.25, 0.3) is 31.7 Å². The van der Waals surface area contributed by atoms with Crippen LogP contribution in [0.3, 0.4) is 0 Å². The predicted molar refractivity (Wildman–Crippen MR) is 240 cm³/mol. The number of hydrogen-bond donors (Lipinski definition) is 0. The first kappa shape index (κ1) is 50.0. The Morgan fingerprint density at radius 3 is 1.43 bits per heavy atom. The summed E-state index contributed by atoms with van der Waals surface area (Å²) in [5, 5.41) is 7.60. The molecule has 6 aromatic rings. The molecule has 0 aliphatic rings. The number of thiophene rings is 3. The summed E-state index contributed by atoms with van der Waals surface area (Å²) < 4.78 is 29.1. The molecule has 54 heavy (non-hydrogen) atoms. The van der Waals surface area contributed by atoms with Gasteiger partial charge in [0.2, 0.25) is 15.0 Å². The van der Waals surface area contributed by atoms with Gasteiger partial charge in [0, 0.05) is 13.7 Å². The number of hydrogen-bond acceptors (Lipinski definition) is 13. The summed E-state index contributed by atoms with van der Waals surface area (Å²) in [6.07, 6.45) is 20.1. The van der Waals surface area contributed by atoms with Gasteiger partial charge in [-0.05, 0) is 65.9 Å². The number of halogens is 1. The lowest BCUT2D eigenvalue weighted by atomic mass is 10.3. The van der Waals surface area contributed by atoms with Crippen LogP contribution in [0.5, 0.6) is 0 Å². The molecule has 0 saturated carbocycles. The number of thioether (sulfide) groups is 2. The molecule has 0 spiro atoms. The molecular formula is C39H45ClN6O2S6. The van der Waals surface area contributed by atoms with Crippen molar-refractivity contribution in [1.29, 1.82) is 0 Å². The molecule has 6 aromatic heterocycles. The van der Waals surface area contributed by atoms with Gasteiger partial charge in [0.05, 0.1) is 31.7 Å². The van der Waals surface area contributed by atoms with E-state index < -0.39 is 9.84 Å². The molecule has 0 aliphatic carbocycles. The highest BCUT2D eigenvalue weighted by Crippen LogP contribution is 2.27. The molecule has 0 N–H and O–H groups in total. The summed E-state index contributed by atoms with van der Waals surface area (Å²) in [4.78, 5) is 28.0. The average molecular weight is 859 g/mol. The van der Waals surface area contributed by atoms with Crippen molar-refractivity contribution in [3.8, 4) is 68.7 Å². The zero-order chi connectivity index (χ0) is 38.5. The van der Waals surface area contributed by atoms with E-state index >= 15 is 0 Å². The monoisotopic (exact) mass is 857 g/mol. The van der Waals surface area contributed by atoms with Crippen LogP contribution in [0.15, 0.2) is 86.2 Å². The first-order valence-corrected chi connectivity index (χ1v) is 21.6. The van der Waals surface area contributed by atoms with E-state index in [1.807, 2.05) is 71.1 Å². The third-order valence-corrected chi connectivity index (χ3v) is 10.2. The summed E-state index contributed by atoms with van der Waals surface area (Å²) in [7, 11) is -3.46. The lowest BCUT2D eigenvalue weighted by Gasteiger charge is -2.02. The highest BCUT2D eigenvalue weighted by atomic mass is 35.5. The van der Waals surface area contributed by atoms with Crippen molar-refractivity contribution in [2.45, 2.75) is 58.5 Å². The van der Waals surface area contributed by atoms with Gasteiger partial charge in [-0.3, -0.25) is 0 Å². The van der Waals surface area contributed by atoms with Crippen molar-refractivity contribution in [3.05, 3.63) is 87.3 Å². The number of terminal acetylenes is 3. The van der Waals surface area contributed by atoms with Crippen molar-refractivity contribution in [1.82, 2.24) is 29.9 Å². The Morgan fingerprint density at radius 2 is 1.07 bits per heavy atom. The Morgan fingerprint density at radius 1 is 0.704 bits per heavy atom. The van der Waals surface area contributed by atoms with Crippen LogP contribution < -0.4 is 0 Å². The smallest absolute Gasteiger partial charge is 0.222 e. The molecule has 0 unspecified atom stereocenters. The van der Waals surface area contributed by atoms with E-state index in [-0.39, 0.29) is 33.1 Å². The van der Waals surface area contributed by atoms with Gasteiger partial charge in [-0.1, -0.05) is 101 Å². The lowest BCUT2D eigenvalue weighted by Crippen LogP contribution is -2.06. The second kappa shape index (κ2) is 27.5. The first-order valence-electron chi connectivity index (χ1n) is 15.0. The van der Waals surface area contributed by atoms with Crippen LogP contribution in [-0.4, -0.2) is 57.1 Å². The third kappa shape index (κ3) is 17.0. The Labute approximate surface area is 349 Å². The zero-order valence-electron chi connectivity index (χ0n) is 29.2. The highest BCUT2D eigenvalue weighted by molar-refractivity contribution is 7.98. The van der Waals surface area contributed by atoms with Gasteiger partial charge in [-0.2, -0.15) is 0 Å². The second-order valence-corrected chi connectivity index (χ2v) is 15.6. The largest absolute Gasteiger partial charge is 0.248 e. The quantitative estimate of drug-likeness (QED) is 0.0694. The van der Waals surface area contributed by atoms with E-state index in [0.717, 1.165) is 32.3 Å². The predicted octanol–water partition coefficient (Wildman–Crippen LogP) is 11.7. The topological polar surface area (TPSA) is 111 Å². The van der Waals surface area contributed by atoms with E-state index in [0.29, 0.717) is 33.8 Å². The Kier molecular flexibility index (Phi) is 25.5. The van der Waals surface area contributed by atoms with Gasteiger partial charge in [-0.25, -0.2) is 38.3 Å². The summed E-state index contributed by atoms with van der Waals surface area (Å²) in [5.74, 6) is 7.13. The number of nitrogens with zero attached hydrogens (tertiary/aromatic N) is 6. The van der Waals surface area contributed by atoms with E-state index in [2.05, 4.69) is 54.1 Å². The summed E-state index contributed by atoms with van der Waals surface area (Å²) in [6, 6.07) is 17.0. The van der Waals surface area contributed by atoms with Crippen LogP contribution in [-0.2, 0) is 9.84 Å².